The van der Waals surface area contributed by atoms with Crippen molar-refractivity contribution in [3.8, 4) is 5.75 Å². The van der Waals surface area contributed by atoms with Gasteiger partial charge in [-0.05, 0) is 44.0 Å². The average Bonchev–Trinajstić information content (AvgIpc) is 2.96. The average molecular weight is 290 g/mol. The number of aryl methyl sites for hydroxylation is 1. The molecule has 0 amide bonds. The van der Waals surface area contributed by atoms with E-state index in [1.165, 1.54) is 11.1 Å². The SMILES string of the molecule is CCCNC(C)c1ccc(OCc2cncs2)c(C)c1. The summed E-state index contributed by atoms with van der Waals surface area (Å²) in [7, 11) is 0. The Labute approximate surface area is 125 Å². The zero-order chi connectivity index (χ0) is 14.4. The lowest BCUT2D eigenvalue weighted by molar-refractivity contribution is 0.307. The van der Waals surface area contributed by atoms with Crippen molar-refractivity contribution < 1.29 is 4.74 Å². The van der Waals surface area contributed by atoms with Gasteiger partial charge in [-0.25, -0.2) is 0 Å². The molecule has 0 radical (unpaired) electrons. The van der Waals surface area contributed by atoms with Gasteiger partial charge in [0.2, 0.25) is 0 Å². The van der Waals surface area contributed by atoms with Gasteiger partial charge in [-0.15, -0.1) is 11.3 Å². The molecule has 1 N–H and O–H groups in total. The quantitative estimate of drug-likeness (QED) is 0.834. The van der Waals surface area contributed by atoms with Crippen LogP contribution in [-0.2, 0) is 6.61 Å². The fraction of sp³-hybridized carbons (Fsp3) is 0.438. The van der Waals surface area contributed by atoms with E-state index >= 15 is 0 Å². The summed E-state index contributed by atoms with van der Waals surface area (Å²) in [5, 5.41) is 3.50. The zero-order valence-corrected chi connectivity index (χ0v) is 13.2. The van der Waals surface area contributed by atoms with Gasteiger partial charge in [-0.2, -0.15) is 0 Å². The van der Waals surface area contributed by atoms with E-state index in [4.69, 9.17) is 4.74 Å². The number of aromatic nitrogens is 1. The van der Waals surface area contributed by atoms with Crippen molar-refractivity contribution >= 4 is 11.3 Å². The summed E-state index contributed by atoms with van der Waals surface area (Å²) in [6.07, 6.45) is 3.00. The highest BCUT2D eigenvalue weighted by Gasteiger charge is 2.07. The maximum Gasteiger partial charge on any atom is 0.124 e. The predicted octanol–water partition coefficient (Wildman–Crippen LogP) is 4.09. The van der Waals surface area contributed by atoms with Crippen LogP contribution in [0.2, 0.25) is 0 Å². The Kier molecular flexibility index (Phi) is 5.56. The molecule has 1 aromatic heterocycles. The highest BCUT2D eigenvalue weighted by atomic mass is 32.1. The van der Waals surface area contributed by atoms with Crippen LogP contribution in [0.4, 0.5) is 0 Å². The van der Waals surface area contributed by atoms with Crippen LogP contribution < -0.4 is 10.1 Å². The van der Waals surface area contributed by atoms with Crippen molar-refractivity contribution in [2.45, 2.75) is 39.8 Å². The Morgan fingerprint density at radius 2 is 2.25 bits per heavy atom. The molecule has 0 bridgehead atoms. The molecule has 3 nitrogen and oxygen atoms in total. The van der Waals surface area contributed by atoms with E-state index in [2.05, 4.69) is 49.3 Å². The minimum absolute atomic E-state index is 0.379. The first-order valence-electron chi connectivity index (χ1n) is 7.04. The van der Waals surface area contributed by atoms with Crippen LogP contribution in [0.5, 0.6) is 5.75 Å². The van der Waals surface area contributed by atoms with Crippen LogP contribution in [0.3, 0.4) is 0 Å². The van der Waals surface area contributed by atoms with Crippen molar-refractivity contribution in [1.82, 2.24) is 10.3 Å². The lowest BCUT2D eigenvalue weighted by Gasteiger charge is -2.16. The molecular weight excluding hydrogens is 268 g/mol. The molecule has 0 fully saturated rings. The van der Waals surface area contributed by atoms with Crippen LogP contribution in [0.15, 0.2) is 29.9 Å². The maximum absolute atomic E-state index is 5.85. The summed E-state index contributed by atoms with van der Waals surface area (Å²) in [6.45, 7) is 8.11. The van der Waals surface area contributed by atoms with Crippen molar-refractivity contribution in [1.29, 1.82) is 0 Å². The Balaban J connectivity index is 1.98. The molecule has 2 aromatic rings. The Morgan fingerprint density at radius 3 is 2.90 bits per heavy atom. The normalized spacial score (nSPS) is 12.3. The minimum atomic E-state index is 0.379. The molecule has 108 valence electrons. The molecule has 0 saturated carbocycles. The largest absolute Gasteiger partial charge is 0.488 e. The number of thiazole rings is 1. The molecule has 1 heterocycles. The predicted molar refractivity (Wildman–Crippen MR) is 84.3 cm³/mol. The van der Waals surface area contributed by atoms with Crippen LogP contribution in [0, 0.1) is 6.92 Å². The van der Waals surface area contributed by atoms with Crippen molar-refractivity contribution in [3.63, 3.8) is 0 Å². The van der Waals surface area contributed by atoms with Crippen LogP contribution in [-0.4, -0.2) is 11.5 Å². The van der Waals surface area contributed by atoms with Gasteiger partial charge < -0.3 is 10.1 Å². The van der Waals surface area contributed by atoms with E-state index in [0.29, 0.717) is 12.6 Å². The van der Waals surface area contributed by atoms with Crippen LogP contribution in [0.1, 0.15) is 42.3 Å². The Bertz CT molecular complexity index is 525. The van der Waals surface area contributed by atoms with Crippen molar-refractivity contribution in [2.75, 3.05) is 6.54 Å². The van der Waals surface area contributed by atoms with Gasteiger partial charge in [-0.3, -0.25) is 4.98 Å². The summed E-state index contributed by atoms with van der Waals surface area (Å²) in [5.74, 6) is 0.949. The molecule has 1 unspecified atom stereocenters. The molecule has 0 aliphatic heterocycles. The molecular formula is C16H22N2OS. The van der Waals surface area contributed by atoms with Gasteiger partial charge >= 0.3 is 0 Å². The maximum atomic E-state index is 5.85. The molecule has 0 aliphatic carbocycles. The van der Waals surface area contributed by atoms with Gasteiger partial charge in [0.25, 0.3) is 0 Å². The van der Waals surface area contributed by atoms with Gasteiger partial charge in [0.1, 0.15) is 12.4 Å². The monoisotopic (exact) mass is 290 g/mol. The summed E-state index contributed by atoms with van der Waals surface area (Å²) in [5.41, 5.74) is 4.31. The number of hydrogen-bond donors (Lipinski definition) is 1. The number of nitrogens with one attached hydrogen (secondary N) is 1. The molecule has 0 aliphatic rings. The summed E-state index contributed by atoms with van der Waals surface area (Å²) >= 11 is 1.62. The van der Waals surface area contributed by atoms with Crippen LogP contribution >= 0.6 is 11.3 Å². The highest BCUT2D eigenvalue weighted by Crippen LogP contribution is 2.24. The molecule has 20 heavy (non-hydrogen) atoms. The standard InChI is InChI=1S/C16H22N2OS/c1-4-7-18-13(3)14-5-6-16(12(2)8-14)19-10-15-9-17-11-20-15/h5-6,8-9,11,13,18H,4,7,10H2,1-3H3. The van der Waals surface area contributed by atoms with E-state index in [1.807, 2.05) is 11.7 Å². The third-order valence-corrected chi connectivity index (χ3v) is 4.01. The molecule has 0 spiro atoms. The van der Waals surface area contributed by atoms with Gasteiger partial charge in [0.15, 0.2) is 0 Å². The van der Waals surface area contributed by atoms with E-state index in [9.17, 15) is 0 Å². The van der Waals surface area contributed by atoms with Gasteiger partial charge in [-0.1, -0.05) is 19.1 Å². The Hall–Kier alpha value is -1.39. The molecule has 4 heteroatoms. The van der Waals surface area contributed by atoms with Crippen LogP contribution in [0.25, 0.3) is 0 Å². The molecule has 2 rings (SSSR count). The van der Waals surface area contributed by atoms with E-state index in [0.717, 1.165) is 23.6 Å². The number of ether oxygens (including phenoxy) is 1. The van der Waals surface area contributed by atoms with Crippen molar-refractivity contribution in [3.05, 3.63) is 45.9 Å². The van der Waals surface area contributed by atoms with E-state index in [-0.39, 0.29) is 0 Å². The summed E-state index contributed by atoms with van der Waals surface area (Å²) in [6, 6.07) is 6.79. The molecule has 1 atom stereocenters. The second-order valence-electron chi connectivity index (χ2n) is 4.96. The smallest absolute Gasteiger partial charge is 0.124 e. The lowest BCUT2D eigenvalue weighted by Crippen LogP contribution is -2.19. The lowest BCUT2D eigenvalue weighted by atomic mass is 10.0. The van der Waals surface area contributed by atoms with Gasteiger partial charge in [0.05, 0.1) is 10.4 Å². The zero-order valence-electron chi connectivity index (χ0n) is 12.3. The third-order valence-electron chi connectivity index (χ3n) is 3.25. The number of benzene rings is 1. The first-order valence-corrected chi connectivity index (χ1v) is 7.92. The third kappa shape index (κ3) is 4.05. The van der Waals surface area contributed by atoms with E-state index in [1.54, 1.807) is 11.3 Å². The number of rotatable bonds is 7. The first-order chi connectivity index (χ1) is 9.70. The first kappa shape index (κ1) is 15.0. The number of nitrogens with zero attached hydrogens (tertiary/aromatic N) is 1. The van der Waals surface area contributed by atoms with E-state index < -0.39 is 0 Å². The van der Waals surface area contributed by atoms with Crippen molar-refractivity contribution in [2.24, 2.45) is 0 Å². The second kappa shape index (κ2) is 7.41. The number of hydrogen-bond acceptors (Lipinski definition) is 4. The molecule has 1 aromatic carbocycles. The fourth-order valence-electron chi connectivity index (χ4n) is 2.04. The fourth-order valence-corrected chi connectivity index (χ4v) is 2.55. The topological polar surface area (TPSA) is 34.1 Å². The highest BCUT2D eigenvalue weighted by molar-refractivity contribution is 7.09. The minimum Gasteiger partial charge on any atom is -0.488 e. The second-order valence-corrected chi connectivity index (χ2v) is 5.93. The van der Waals surface area contributed by atoms with Gasteiger partial charge in [0, 0.05) is 12.2 Å². The summed E-state index contributed by atoms with van der Waals surface area (Å²) in [4.78, 5) is 5.20. The summed E-state index contributed by atoms with van der Waals surface area (Å²) < 4.78 is 5.85. The Morgan fingerprint density at radius 1 is 1.40 bits per heavy atom. The molecule has 0 saturated heterocycles.